The molecule has 0 saturated heterocycles. The maximum atomic E-state index is 12.6. The first kappa shape index (κ1) is 50.9. The van der Waals surface area contributed by atoms with Gasteiger partial charge < -0.3 is 27.4 Å². The maximum absolute atomic E-state index is 12.6. The summed E-state index contributed by atoms with van der Waals surface area (Å²) < 4.78 is 12.2. The Bertz CT molecular complexity index is 3610. The van der Waals surface area contributed by atoms with Crippen LogP contribution in [0.15, 0.2) is 187 Å². The van der Waals surface area contributed by atoms with Crippen LogP contribution in [0.5, 0.6) is 0 Å². The van der Waals surface area contributed by atoms with Crippen molar-refractivity contribution in [2.45, 2.75) is 18.7 Å². The van der Waals surface area contributed by atoms with Gasteiger partial charge in [-0.3, -0.25) is 23.6 Å². The van der Waals surface area contributed by atoms with Crippen molar-refractivity contribution >= 4 is 61.8 Å². The normalized spacial score (nSPS) is 11.2. The molecule has 9 rings (SSSR count). The molecule has 7 N–H and O–H groups in total. The number of para-hydroxylation sites is 3. The molecule has 0 radical (unpaired) electrons. The molecular weight excluding hydrogens is 937 g/mol. The number of carbonyl (C=O) groups is 3. The lowest BCUT2D eigenvalue weighted by Crippen LogP contribution is -2.17. The number of carbonyl (C=O) groups excluding carboxylic acids is 3. The number of nitrogens with zero attached hydrogens (tertiary/aromatic N) is 7. The fraction of sp³-hybridized carbons (Fsp3) is 0.0536. The molecule has 1 unspecified atom stereocenters. The van der Waals surface area contributed by atoms with Crippen LogP contribution in [0.2, 0.25) is 0 Å². The van der Waals surface area contributed by atoms with Gasteiger partial charge in [-0.1, -0.05) is 115 Å². The second-order valence-electron chi connectivity index (χ2n) is 16.2. The van der Waals surface area contributed by atoms with Crippen LogP contribution >= 0.6 is 0 Å². The highest BCUT2D eigenvalue weighted by molar-refractivity contribution is 7.99. The number of nitriles is 1. The summed E-state index contributed by atoms with van der Waals surface area (Å²) in [7, 11) is -2.34. The zero-order valence-electron chi connectivity index (χ0n) is 39.9. The molecule has 73 heavy (non-hydrogen) atoms. The van der Waals surface area contributed by atoms with Crippen LogP contribution in [0.4, 0.5) is 28.7 Å². The van der Waals surface area contributed by atoms with Gasteiger partial charge in [-0.05, 0) is 83.8 Å². The van der Waals surface area contributed by atoms with Gasteiger partial charge >= 0.3 is 0 Å². The van der Waals surface area contributed by atoms with E-state index < -0.39 is 15.4 Å². The predicted octanol–water partition coefficient (Wildman–Crippen LogP) is 11.0. The molecule has 9 aromatic rings. The fourth-order valence-corrected chi connectivity index (χ4v) is 7.53. The van der Waals surface area contributed by atoms with E-state index in [4.69, 9.17) is 11.5 Å². The quantitative estimate of drug-likeness (QED) is 0.0800. The number of nitrogens with two attached hydrogens (primary N) is 2. The SMILES string of the molecule is C=S(C)(=O)c1cccc(-c2cnc(C)c(C(=O)Nc3ccccc3)n2)c1.Cc1ccc(-c2cnc(N)c(C(=O)Nc3ccccc3)n2)cc1.N#Cc1ccccc1-c1cnc(N)c(C(=O)Nc2ccccc2)n1.[HH].[HH].[HH].[HH].[HH].[HH]. The summed E-state index contributed by atoms with van der Waals surface area (Å²) in [5.41, 5.74) is 19.9. The third-order valence-electron chi connectivity index (χ3n) is 10.6. The van der Waals surface area contributed by atoms with Gasteiger partial charge in [-0.25, -0.2) is 24.9 Å². The van der Waals surface area contributed by atoms with E-state index in [9.17, 15) is 23.9 Å². The van der Waals surface area contributed by atoms with E-state index in [0.29, 0.717) is 55.9 Å². The molecule has 0 aliphatic heterocycles. The van der Waals surface area contributed by atoms with E-state index >= 15 is 0 Å². The molecule has 6 aromatic carbocycles. The second kappa shape index (κ2) is 23.6. The Morgan fingerprint density at radius 3 is 1.51 bits per heavy atom. The van der Waals surface area contributed by atoms with E-state index in [0.717, 1.165) is 16.7 Å². The number of hydrogen-bond acceptors (Lipinski definition) is 13. The molecule has 1 atom stereocenters. The Hall–Kier alpha value is -9.92. The number of benzene rings is 6. The third-order valence-corrected chi connectivity index (χ3v) is 11.8. The lowest BCUT2D eigenvalue weighted by Gasteiger charge is -2.10. The molecule has 374 valence electrons. The highest BCUT2D eigenvalue weighted by Crippen LogP contribution is 2.25. The molecule has 17 heteroatoms. The summed E-state index contributed by atoms with van der Waals surface area (Å²) in [5, 5.41) is 17.5. The number of aromatic nitrogens is 6. The molecule has 0 fully saturated rings. The maximum Gasteiger partial charge on any atom is 0.278 e. The summed E-state index contributed by atoms with van der Waals surface area (Å²) in [4.78, 5) is 63.6. The van der Waals surface area contributed by atoms with Gasteiger partial charge in [0.25, 0.3) is 17.7 Å². The van der Waals surface area contributed by atoms with Gasteiger partial charge in [0.1, 0.15) is 5.69 Å². The molecule has 0 bridgehead atoms. The van der Waals surface area contributed by atoms with Crippen molar-refractivity contribution in [2.75, 3.05) is 33.7 Å². The number of nitrogens with one attached hydrogen (secondary N) is 3. The molecule has 0 saturated carbocycles. The molecule has 0 aliphatic carbocycles. The number of aryl methyl sites for hydroxylation is 2. The van der Waals surface area contributed by atoms with E-state index in [1.165, 1.54) is 6.20 Å². The fourth-order valence-electron chi connectivity index (χ4n) is 6.79. The molecule has 3 amide bonds. The van der Waals surface area contributed by atoms with Crippen molar-refractivity contribution in [3.05, 3.63) is 216 Å². The van der Waals surface area contributed by atoms with Crippen molar-refractivity contribution in [3.63, 3.8) is 0 Å². The minimum atomic E-state index is -2.34. The first-order valence-corrected chi connectivity index (χ1v) is 24.5. The van der Waals surface area contributed by atoms with E-state index in [-0.39, 0.29) is 49.1 Å². The summed E-state index contributed by atoms with van der Waals surface area (Å²) in [6.45, 7) is 3.75. The number of rotatable bonds is 10. The monoisotopic (exact) mass is 996 g/mol. The Labute approximate surface area is 431 Å². The zero-order chi connectivity index (χ0) is 51.9. The molecule has 0 aliphatic rings. The molecule has 16 nitrogen and oxygen atoms in total. The first-order valence-electron chi connectivity index (χ1n) is 22.3. The average Bonchev–Trinajstić information content (AvgIpc) is 3.40. The molecule has 3 aromatic heterocycles. The Morgan fingerprint density at radius 2 is 0.986 bits per heavy atom. The van der Waals surface area contributed by atoms with Gasteiger partial charge in [0.2, 0.25) is 0 Å². The molecular formula is C56H60N12O4S. The summed E-state index contributed by atoms with van der Waals surface area (Å²) in [5.74, 6) is 2.69. The van der Waals surface area contributed by atoms with Crippen LogP contribution in [0.1, 0.15) is 56.8 Å². The summed E-state index contributed by atoms with van der Waals surface area (Å²) >= 11 is 0. The van der Waals surface area contributed by atoms with Crippen molar-refractivity contribution in [1.29, 1.82) is 5.26 Å². The minimum absolute atomic E-state index is 0. The number of anilines is 5. The van der Waals surface area contributed by atoms with Gasteiger partial charge in [0.15, 0.2) is 23.0 Å². The van der Waals surface area contributed by atoms with Gasteiger partial charge in [0, 0.05) is 53.5 Å². The summed E-state index contributed by atoms with van der Waals surface area (Å²) in [6, 6.07) is 51.4. The van der Waals surface area contributed by atoms with Crippen LogP contribution in [-0.4, -0.2) is 64.0 Å². The van der Waals surface area contributed by atoms with Crippen molar-refractivity contribution < 1.29 is 27.2 Å². The van der Waals surface area contributed by atoms with Crippen LogP contribution in [-0.2, 0) is 9.52 Å². The lowest BCUT2D eigenvalue weighted by atomic mass is 10.1. The van der Waals surface area contributed by atoms with E-state index in [1.807, 2.05) is 91.9 Å². The Balaban J connectivity index is 0.000000572. The second-order valence-corrected chi connectivity index (χ2v) is 18.7. The first-order chi connectivity index (χ1) is 35.2. The molecule has 3 heterocycles. The standard InChI is InChI=1S/C20H19N3O2S.C18H13N5O.C18H16N4O.6H2/c1-14-19(20(24)22-16-9-5-4-6-10-16)23-18(13-21-14)15-8-7-11-17(12-15)26(2,3)25;19-10-12-6-4-5-9-14(12)15-11-21-17(20)16(23-15)18(24)22-13-7-2-1-3-8-13;1-12-7-9-13(10-8-12)15-11-20-17(19)16(22-15)18(23)21-14-5-3-2-4-6-14;;;;;;/h4-13H,2H2,1,3H3,(H,22,24);1-9,11H,(H2,20,21)(H,22,24);2-11H,1H3,(H2,19,20)(H,21,23);6*1H. The lowest BCUT2D eigenvalue weighted by molar-refractivity contribution is 0.101. The van der Waals surface area contributed by atoms with E-state index in [1.54, 1.807) is 104 Å². The highest BCUT2D eigenvalue weighted by atomic mass is 32.2. The van der Waals surface area contributed by atoms with Crippen LogP contribution < -0.4 is 27.4 Å². The largest absolute Gasteiger partial charge is 0.382 e. The van der Waals surface area contributed by atoms with Crippen molar-refractivity contribution in [2.24, 2.45) is 0 Å². The number of amides is 3. The number of nitrogen functional groups attached to an aromatic ring is 2. The molecule has 0 spiro atoms. The van der Waals surface area contributed by atoms with Crippen LogP contribution in [0.25, 0.3) is 33.8 Å². The van der Waals surface area contributed by atoms with Crippen LogP contribution in [0, 0.1) is 25.2 Å². The number of hydrogen-bond donors (Lipinski definition) is 5. The predicted molar refractivity (Wildman–Crippen MR) is 301 cm³/mol. The zero-order valence-corrected chi connectivity index (χ0v) is 40.7. The van der Waals surface area contributed by atoms with Gasteiger partial charge in [0.05, 0.1) is 53.0 Å². The van der Waals surface area contributed by atoms with Crippen molar-refractivity contribution in [3.8, 4) is 39.8 Å². The van der Waals surface area contributed by atoms with Gasteiger partial charge in [-0.15, -0.1) is 0 Å². The highest BCUT2D eigenvalue weighted by Gasteiger charge is 2.18. The smallest absolute Gasteiger partial charge is 0.278 e. The minimum Gasteiger partial charge on any atom is -0.382 e. The van der Waals surface area contributed by atoms with Crippen LogP contribution in [0.3, 0.4) is 0 Å². The Kier molecular flexibility index (Phi) is 16.5. The average molecular weight is 997 g/mol. The van der Waals surface area contributed by atoms with E-state index in [2.05, 4.69) is 57.8 Å². The summed E-state index contributed by atoms with van der Waals surface area (Å²) in [6.07, 6.45) is 6.21. The topological polar surface area (TPSA) is 258 Å². The Morgan fingerprint density at radius 1 is 0.548 bits per heavy atom. The third kappa shape index (κ3) is 13.7. The van der Waals surface area contributed by atoms with Gasteiger partial charge in [-0.2, -0.15) is 5.26 Å². The van der Waals surface area contributed by atoms with Crippen molar-refractivity contribution in [1.82, 2.24) is 29.9 Å².